The molecule has 6 atom stereocenters. The minimum absolute atomic E-state index is 0.0663. The van der Waals surface area contributed by atoms with E-state index in [2.05, 4.69) is 20.9 Å². The lowest BCUT2D eigenvalue weighted by Crippen LogP contribution is -2.59. The van der Waals surface area contributed by atoms with Crippen LogP contribution in [0.2, 0.25) is 0 Å². The fourth-order valence-corrected chi connectivity index (χ4v) is 5.76. The fourth-order valence-electron chi connectivity index (χ4n) is 5.76. The summed E-state index contributed by atoms with van der Waals surface area (Å²) < 4.78 is 0. The number of likely N-dealkylation sites (tertiary alicyclic amines) is 2. The van der Waals surface area contributed by atoms with Crippen molar-refractivity contribution in [3.05, 3.63) is 0 Å². The van der Waals surface area contributed by atoms with Crippen LogP contribution in [0, 0.1) is 5.92 Å². The van der Waals surface area contributed by atoms with Crippen LogP contribution >= 0.6 is 0 Å². The quantitative estimate of drug-likeness (QED) is 0.0815. The van der Waals surface area contributed by atoms with Crippen molar-refractivity contribution in [3.8, 4) is 0 Å². The predicted octanol–water partition coefficient (Wildman–Crippen LogP) is -1.01. The summed E-state index contributed by atoms with van der Waals surface area (Å²) in [7, 11) is 0. The van der Waals surface area contributed by atoms with Crippen LogP contribution in [0.3, 0.4) is 0 Å². The van der Waals surface area contributed by atoms with Gasteiger partial charge in [-0.1, -0.05) is 20.3 Å². The number of hydrogen-bond acceptors (Lipinski definition) is 7. The van der Waals surface area contributed by atoms with E-state index in [0.29, 0.717) is 45.2 Å². The Morgan fingerprint density at radius 3 is 2.42 bits per heavy atom. The zero-order chi connectivity index (χ0) is 29.2. The lowest BCUT2D eigenvalue weighted by atomic mass is 9.96. The van der Waals surface area contributed by atoms with Gasteiger partial charge in [0.25, 0.3) is 0 Å². The third-order valence-corrected chi connectivity index (χ3v) is 8.29. The minimum Gasteiger partial charge on any atom is -0.370 e. The lowest BCUT2D eigenvalue weighted by Gasteiger charge is -2.32. The number of amides is 4. The number of aldehydes is 1. The van der Waals surface area contributed by atoms with Crippen molar-refractivity contribution < 1.29 is 24.0 Å². The molecule has 3 aliphatic rings. The van der Waals surface area contributed by atoms with Crippen LogP contribution in [0.5, 0.6) is 0 Å². The highest BCUT2D eigenvalue weighted by Gasteiger charge is 2.40. The van der Waals surface area contributed by atoms with Crippen molar-refractivity contribution in [2.45, 2.75) is 102 Å². The molecule has 0 unspecified atom stereocenters. The molecule has 4 amide bonds. The highest BCUT2D eigenvalue weighted by atomic mass is 16.2. The number of carbonyl (C=O) groups is 5. The number of hydrogen-bond donors (Lipinski definition) is 5. The first-order valence-electron chi connectivity index (χ1n) is 14.6. The summed E-state index contributed by atoms with van der Waals surface area (Å²) in [6.07, 6.45) is 6.28. The molecule has 0 saturated carbocycles. The van der Waals surface area contributed by atoms with Crippen molar-refractivity contribution in [1.29, 1.82) is 0 Å². The van der Waals surface area contributed by atoms with E-state index in [-0.39, 0.29) is 42.7 Å². The van der Waals surface area contributed by atoms with Crippen molar-refractivity contribution in [2.24, 2.45) is 22.4 Å². The molecule has 40 heavy (non-hydrogen) atoms. The monoisotopic (exact) mass is 562 g/mol. The molecule has 3 heterocycles. The Morgan fingerprint density at radius 1 is 1.05 bits per heavy atom. The third kappa shape index (κ3) is 7.92. The van der Waals surface area contributed by atoms with Gasteiger partial charge in [0.2, 0.25) is 23.6 Å². The van der Waals surface area contributed by atoms with Gasteiger partial charge in [-0.25, -0.2) is 0 Å². The Bertz CT molecular complexity index is 949. The van der Waals surface area contributed by atoms with Gasteiger partial charge >= 0.3 is 0 Å². The molecular formula is C27H46N8O5. The molecule has 0 aromatic carbocycles. The average molecular weight is 563 g/mol. The molecule has 3 saturated heterocycles. The van der Waals surface area contributed by atoms with Crippen LogP contribution in [-0.2, 0) is 24.0 Å². The van der Waals surface area contributed by atoms with Crippen LogP contribution in [0.25, 0.3) is 0 Å². The average Bonchev–Trinajstić information content (AvgIpc) is 3.73. The smallest absolute Gasteiger partial charge is 0.246 e. The van der Waals surface area contributed by atoms with Gasteiger partial charge in [-0.05, 0) is 63.8 Å². The molecule has 13 nitrogen and oxygen atoms in total. The molecule has 13 heteroatoms. The summed E-state index contributed by atoms with van der Waals surface area (Å²) in [6, 6.07) is -3.23. The number of nitrogens with zero attached hydrogens (tertiary/aromatic N) is 3. The van der Waals surface area contributed by atoms with Gasteiger partial charge in [0.05, 0.1) is 12.1 Å². The first-order chi connectivity index (χ1) is 19.2. The van der Waals surface area contributed by atoms with E-state index in [9.17, 15) is 24.0 Å². The van der Waals surface area contributed by atoms with Crippen LogP contribution < -0.4 is 27.4 Å². The van der Waals surface area contributed by atoms with Crippen molar-refractivity contribution in [3.63, 3.8) is 0 Å². The molecule has 0 bridgehead atoms. The molecule has 0 aliphatic carbocycles. The molecule has 0 aromatic heterocycles. The molecule has 0 aromatic rings. The maximum absolute atomic E-state index is 13.6. The first kappa shape index (κ1) is 31.3. The number of nitrogens with one attached hydrogen (secondary N) is 3. The zero-order valence-corrected chi connectivity index (χ0v) is 23.8. The van der Waals surface area contributed by atoms with Crippen LogP contribution in [0.4, 0.5) is 0 Å². The van der Waals surface area contributed by atoms with E-state index in [4.69, 9.17) is 11.5 Å². The Hall–Kier alpha value is -3.22. The Labute approximate surface area is 236 Å². The summed E-state index contributed by atoms with van der Waals surface area (Å²) in [5.41, 5.74) is 10.9. The summed E-state index contributed by atoms with van der Waals surface area (Å²) >= 11 is 0. The zero-order valence-electron chi connectivity index (χ0n) is 23.8. The number of aliphatic imine (C=N–C) groups is 1. The molecule has 3 aliphatic heterocycles. The van der Waals surface area contributed by atoms with Crippen molar-refractivity contribution in [1.82, 2.24) is 25.8 Å². The van der Waals surface area contributed by atoms with Gasteiger partial charge < -0.3 is 42.0 Å². The summed E-state index contributed by atoms with van der Waals surface area (Å²) in [5, 5.41) is 8.93. The minimum atomic E-state index is -0.955. The maximum Gasteiger partial charge on any atom is 0.246 e. The first-order valence-corrected chi connectivity index (χ1v) is 14.6. The third-order valence-electron chi connectivity index (χ3n) is 8.29. The summed E-state index contributed by atoms with van der Waals surface area (Å²) in [4.78, 5) is 72.2. The Morgan fingerprint density at radius 2 is 1.77 bits per heavy atom. The van der Waals surface area contributed by atoms with E-state index in [1.807, 2.05) is 13.8 Å². The van der Waals surface area contributed by atoms with E-state index < -0.39 is 36.0 Å². The predicted molar refractivity (Wildman–Crippen MR) is 150 cm³/mol. The van der Waals surface area contributed by atoms with Crippen molar-refractivity contribution in [2.75, 3.05) is 26.2 Å². The summed E-state index contributed by atoms with van der Waals surface area (Å²) in [6.45, 7) is 5.81. The number of carbonyl (C=O) groups excluding carboxylic acids is 5. The SMILES string of the molecule is CC[C@H](C)[C@H](NC(=O)[C@H](CCCN=C(N)N)NC(=O)[C@@H]1CCCN1C(=O)[C@@H]1CCCN1)C(=O)N1CCC[C@H]1C=O. The molecule has 3 rings (SSSR count). The van der Waals surface area contributed by atoms with Gasteiger partial charge in [0.1, 0.15) is 24.4 Å². The van der Waals surface area contributed by atoms with Gasteiger partial charge in [-0.2, -0.15) is 0 Å². The standard InChI is InChI=1S/C27H46N8O5/c1-3-17(2)22(26(40)34-14-6-8-18(34)16-36)33-23(37)19(9-4-13-31-27(28)29)32-24(38)21-11-7-15-35(21)25(39)20-10-5-12-30-20/h16-22,30H,3-15H2,1-2H3,(H,32,38)(H,33,37)(H4,28,29,31)/t17-,18-,19-,20-,21-,22-/m0/s1. The fraction of sp³-hybridized carbons (Fsp3) is 0.778. The molecule has 0 spiro atoms. The largest absolute Gasteiger partial charge is 0.370 e. The van der Waals surface area contributed by atoms with Gasteiger partial charge in [0.15, 0.2) is 5.96 Å². The maximum atomic E-state index is 13.6. The van der Waals surface area contributed by atoms with E-state index in [1.54, 1.807) is 4.90 Å². The van der Waals surface area contributed by atoms with E-state index >= 15 is 0 Å². The summed E-state index contributed by atoms with van der Waals surface area (Å²) in [5.74, 6) is -1.52. The second-order valence-corrected chi connectivity index (χ2v) is 11.1. The second kappa shape index (κ2) is 15.0. The van der Waals surface area contributed by atoms with E-state index in [1.165, 1.54) is 4.90 Å². The van der Waals surface area contributed by atoms with Gasteiger partial charge in [0, 0.05) is 19.6 Å². The number of rotatable bonds is 13. The molecule has 0 radical (unpaired) electrons. The van der Waals surface area contributed by atoms with Crippen molar-refractivity contribution >= 4 is 35.9 Å². The topological polar surface area (TPSA) is 192 Å². The van der Waals surface area contributed by atoms with Crippen LogP contribution in [0.15, 0.2) is 4.99 Å². The lowest BCUT2D eigenvalue weighted by molar-refractivity contribution is -0.142. The normalized spacial score (nSPS) is 24.7. The highest BCUT2D eigenvalue weighted by molar-refractivity contribution is 5.95. The molecule has 224 valence electrons. The van der Waals surface area contributed by atoms with Crippen LogP contribution in [-0.4, -0.2) is 102 Å². The number of guanidine groups is 1. The highest BCUT2D eigenvalue weighted by Crippen LogP contribution is 2.22. The van der Waals surface area contributed by atoms with E-state index in [0.717, 1.165) is 32.1 Å². The Balaban J connectivity index is 1.74. The second-order valence-electron chi connectivity index (χ2n) is 11.1. The number of nitrogens with two attached hydrogens (primary N) is 2. The van der Waals surface area contributed by atoms with Crippen LogP contribution in [0.1, 0.15) is 71.6 Å². The molecular weight excluding hydrogens is 516 g/mol. The molecule has 7 N–H and O–H groups in total. The van der Waals surface area contributed by atoms with Gasteiger partial charge in [-0.3, -0.25) is 24.2 Å². The Kier molecular flexibility index (Phi) is 11.7. The van der Waals surface area contributed by atoms with Gasteiger partial charge in [-0.15, -0.1) is 0 Å². The molecule has 3 fully saturated rings.